The molecule has 1 aromatic carbocycles. The highest BCUT2D eigenvalue weighted by Crippen LogP contribution is 2.34. The van der Waals surface area contributed by atoms with Crippen LogP contribution >= 0.6 is 0 Å². The lowest BCUT2D eigenvalue weighted by Gasteiger charge is -2.36. The average Bonchev–Trinajstić information content (AvgIpc) is 2.90. The number of methoxy groups -OCH3 is 2. The highest BCUT2D eigenvalue weighted by molar-refractivity contribution is 7.89. The van der Waals surface area contributed by atoms with Crippen LogP contribution in [-0.4, -0.2) is 69.0 Å². The molecule has 2 fully saturated rings. The van der Waals surface area contributed by atoms with Gasteiger partial charge >= 0.3 is 6.03 Å². The molecule has 0 aromatic heterocycles. The minimum atomic E-state index is -3.76. The van der Waals surface area contributed by atoms with E-state index in [4.69, 9.17) is 9.47 Å². The van der Waals surface area contributed by atoms with Crippen LogP contribution in [0.5, 0.6) is 11.5 Å². The molecule has 2 saturated heterocycles. The molecular formula is C17H23N3O6S. The van der Waals surface area contributed by atoms with E-state index in [1.165, 1.54) is 41.6 Å². The first-order valence-electron chi connectivity index (χ1n) is 8.65. The third kappa shape index (κ3) is 3.12. The van der Waals surface area contributed by atoms with Gasteiger partial charge in [0.2, 0.25) is 10.0 Å². The SMILES string of the molecule is CCN1C(=O)NC2(CCN(S(=O)(=O)c3ccc(OC)c(OC)c3)CC2)C1=O. The van der Waals surface area contributed by atoms with Crippen molar-refractivity contribution in [2.75, 3.05) is 33.9 Å². The number of imide groups is 1. The number of carbonyl (C=O) groups excluding carboxylic acids is 2. The third-order valence-corrected chi connectivity index (χ3v) is 7.03. The number of nitrogens with zero attached hydrogens (tertiary/aromatic N) is 2. The summed E-state index contributed by atoms with van der Waals surface area (Å²) in [7, 11) is -0.844. The monoisotopic (exact) mass is 397 g/mol. The molecule has 0 saturated carbocycles. The Morgan fingerprint density at radius 2 is 1.74 bits per heavy atom. The first kappa shape index (κ1) is 19.4. The van der Waals surface area contributed by atoms with Gasteiger partial charge in [-0.15, -0.1) is 0 Å². The fourth-order valence-corrected chi connectivity index (χ4v) is 4.99. The van der Waals surface area contributed by atoms with E-state index in [1.807, 2.05) is 0 Å². The molecule has 1 spiro atoms. The van der Waals surface area contributed by atoms with Crippen molar-refractivity contribution in [2.24, 2.45) is 0 Å². The maximum Gasteiger partial charge on any atom is 0.325 e. The van der Waals surface area contributed by atoms with Gasteiger partial charge in [-0.2, -0.15) is 4.31 Å². The Hall–Kier alpha value is -2.33. The van der Waals surface area contributed by atoms with Crippen molar-refractivity contribution in [1.82, 2.24) is 14.5 Å². The molecule has 0 aliphatic carbocycles. The van der Waals surface area contributed by atoms with Crippen LogP contribution < -0.4 is 14.8 Å². The maximum atomic E-state index is 13.0. The number of likely N-dealkylation sites (N-methyl/N-ethyl adjacent to an activating group) is 1. The summed E-state index contributed by atoms with van der Waals surface area (Å²) in [5, 5.41) is 2.74. The number of sulfonamides is 1. The van der Waals surface area contributed by atoms with E-state index in [9.17, 15) is 18.0 Å². The largest absolute Gasteiger partial charge is 0.493 e. The van der Waals surface area contributed by atoms with Gasteiger partial charge in [0.25, 0.3) is 5.91 Å². The predicted molar refractivity (Wildman–Crippen MR) is 96.2 cm³/mol. The highest BCUT2D eigenvalue weighted by atomic mass is 32.2. The number of amides is 3. The summed E-state index contributed by atoms with van der Waals surface area (Å²) in [5.41, 5.74) is -1.00. The van der Waals surface area contributed by atoms with Gasteiger partial charge in [0, 0.05) is 25.7 Å². The molecule has 10 heteroatoms. The summed E-state index contributed by atoms with van der Waals surface area (Å²) in [4.78, 5) is 25.8. The molecule has 148 valence electrons. The Labute approximate surface area is 158 Å². The van der Waals surface area contributed by atoms with E-state index in [2.05, 4.69) is 5.32 Å². The quantitative estimate of drug-likeness (QED) is 0.737. The Bertz CT molecular complexity index is 861. The van der Waals surface area contributed by atoms with Gasteiger partial charge in [-0.25, -0.2) is 13.2 Å². The Balaban J connectivity index is 1.80. The number of ether oxygens (including phenoxy) is 2. The number of nitrogens with one attached hydrogen (secondary N) is 1. The van der Waals surface area contributed by atoms with E-state index in [1.54, 1.807) is 6.92 Å². The van der Waals surface area contributed by atoms with Crippen LogP contribution in [0.1, 0.15) is 19.8 Å². The molecule has 9 nitrogen and oxygen atoms in total. The van der Waals surface area contributed by atoms with E-state index < -0.39 is 21.6 Å². The second-order valence-electron chi connectivity index (χ2n) is 6.48. The highest BCUT2D eigenvalue weighted by Gasteiger charge is 2.52. The van der Waals surface area contributed by atoms with Crippen molar-refractivity contribution in [1.29, 1.82) is 0 Å². The number of piperidine rings is 1. The molecule has 0 bridgehead atoms. The fraction of sp³-hybridized carbons (Fsp3) is 0.529. The van der Waals surface area contributed by atoms with E-state index in [-0.39, 0.29) is 36.7 Å². The normalized spacial score (nSPS) is 20.0. The molecule has 1 N–H and O–H groups in total. The summed E-state index contributed by atoms with van der Waals surface area (Å²) in [6, 6.07) is 4.00. The molecule has 2 heterocycles. The second kappa shape index (κ2) is 7.01. The van der Waals surface area contributed by atoms with Crippen LogP contribution in [0.3, 0.4) is 0 Å². The van der Waals surface area contributed by atoms with Gasteiger partial charge in [-0.1, -0.05) is 0 Å². The number of benzene rings is 1. The van der Waals surface area contributed by atoms with Crippen molar-refractivity contribution < 1.29 is 27.5 Å². The molecule has 1 aromatic rings. The molecule has 27 heavy (non-hydrogen) atoms. The summed E-state index contributed by atoms with van der Waals surface area (Å²) in [5.74, 6) is 0.481. The van der Waals surface area contributed by atoms with E-state index in [0.29, 0.717) is 18.0 Å². The minimum Gasteiger partial charge on any atom is -0.493 e. The lowest BCUT2D eigenvalue weighted by Crippen LogP contribution is -2.55. The first-order chi connectivity index (χ1) is 12.8. The van der Waals surface area contributed by atoms with Crippen molar-refractivity contribution >= 4 is 22.0 Å². The first-order valence-corrected chi connectivity index (χ1v) is 10.1. The predicted octanol–water partition coefficient (Wildman–Crippen LogP) is 0.799. The van der Waals surface area contributed by atoms with Gasteiger partial charge in [-0.05, 0) is 31.9 Å². The van der Waals surface area contributed by atoms with Crippen LogP contribution in [0.25, 0.3) is 0 Å². The summed E-state index contributed by atoms with van der Waals surface area (Å²) in [6.45, 7) is 2.30. The van der Waals surface area contributed by atoms with E-state index >= 15 is 0 Å². The van der Waals surface area contributed by atoms with Crippen molar-refractivity contribution in [3.05, 3.63) is 18.2 Å². The number of carbonyl (C=O) groups is 2. The van der Waals surface area contributed by atoms with Crippen LogP contribution in [0, 0.1) is 0 Å². The molecule has 3 rings (SSSR count). The van der Waals surface area contributed by atoms with Gasteiger partial charge < -0.3 is 14.8 Å². The summed E-state index contributed by atoms with van der Waals surface area (Å²) < 4.78 is 37.6. The van der Waals surface area contributed by atoms with Crippen LogP contribution in [0.15, 0.2) is 23.1 Å². The number of hydrogen-bond acceptors (Lipinski definition) is 6. The molecule has 3 amide bonds. The Kier molecular flexibility index (Phi) is 5.04. The third-order valence-electron chi connectivity index (χ3n) is 5.13. The average molecular weight is 397 g/mol. The van der Waals surface area contributed by atoms with Crippen molar-refractivity contribution in [2.45, 2.75) is 30.2 Å². The Morgan fingerprint density at radius 3 is 2.26 bits per heavy atom. The number of urea groups is 1. The molecular weight excluding hydrogens is 374 g/mol. The number of hydrogen-bond donors (Lipinski definition) is 1. The Morgan fingerprint density at radius 1 is 1.11 bits per heavy atom. The lowest BCUT2D eigenvalue weighted by molar-refractivity contribution is -0.132. The fourth-order valence-electron chi connectivity index (χ4n) is 3.54. The molecule has 2 aliphatic heterocycles. The maximum absolute atomic E-state index is 13.0. The standard InChI is InChI=1S/C17H23N3O6S/c1-4-20-15(21)17(18-16(20)22)7-9-19(10-8-17)27(23,24)12-5-6-13(25-2)14(11-12)26-3/h5-6,11H,4,7-10H2,1-3H3,(H,18,22). The summed E-state index contributed by atoms with van der Waals surface area (Å²) in [6.07, 6.45) is 0.473. The molecule has 2 aliphatic rings. The van der Waals surface area contributed by atoms with Crippen LogP contribution in [0.4, 0.5) is 4.79 Å². The zero-order valence-corrected chi connectivity index (χ0v) is 16.3. The smallest absolute Gasteiger partial charge is 0.325 e. The molecule has 0 unspecified atom stereocenters. The molecule has 0 radical (unpaired) electrons. The van der Waals surface area contributed by atoms with Gasteiger partial charge in [0.15, 0.2) is 11.5 Å². The van der Waals surface area contributed by atoms with E-state index in [0.717, 1.165) is 0 Å². The molecule has 0 atom stereocenters. The zero-order chi connectivity index (χ0) is 19.8. The second-order valence-corrected chi connectivity index (χ2v) is 8.42. The summed E-state index contributed by atoms with van der Waals surface area (Å²) >= 11 is 0. The van der Waals surface area contributed by atoms with Crippen molar-refractivity contribution in [3.63, 3.8) is 0 Å². The lowest BCUT2D eigenvalue weighted by atomic mass is 9.88. The van der Waals surface area contributed by atoms with Crippen molar-refractivity contribution in [3.8, 4) is 11.5 Å². The van der Waals surface area contributed by atoms with Crippen LogP contribution in [-0.2, 0) is 14.8 Å². The minimum absolute atomic E-state index is 0.0908. The zero-order valence-electron chi connectivity index (χ0n) is 15.5. The van der Waals surface area contributed by atoms with Gasteiger partial charge in [0.1, 0.15) is 5.54 Å². The van der Waals surface area contributed by atoms with Gasteiger partial charge in [0.05, 0.1) is 19.1 Å². The van der Waals surface area contributed by atoms with Crippen LogP contribution in [0.2, 0.25) is 0 Å². The topological polar surface area (TPSA) is 105 Å². The number of rotatable bonds is 5. The van der Waals surface area contributed by atoms with Gasteiger partial charge in [-0.3, -0.25) is 9.69 Å².